The molecule has 1 atom stereocenters. The molecule has 160 valence electrons. The Hall–Kier alpha value is -3.20. The van der Waals surface area contributed by atoms with Crippen LogP contribution in [0.15, 0.2) is 46.9 Å². The molecule has 0 saturated heterocycles. The molecule has 0 bridgehead atoms. The molecule has 0 fully saturated rings. The molecule has 6 nitrogen and oxygen atoms in total. The first-order valence-electron chi connectivity index (χ1n) is 9.21. The number of amides is 1. The van der Waals surface area contributed by atoms with Gasteiger partial charge in [0.25, 0.3) is 0 Å². The summed E-state index contributed by atoms with van der Waals surface area (Å²) in [4.78, 5) is 19.5. The molecule has 0 aliphatic carbocycles. The van der Waals surface area contributed by atoms with Crippen LogP contribution in [0.1, 0.15) is 22.8 Å². The number of rotatable bonds is 3. The highest BCUT2D eigenvalue weighted by Gasteiger charge is 2.59. The summed E-state index contributed by atoms with van der Waals surface area (Å²) in [5.41, 5.74) is -0.0341. The van der Waals surface area contributed by atoms with Gasteiger partial charge in [-0.15, -0.1) is 0 Å². The van der Waals surface area contributed by atoms with Crippen LogP contribution >= 0.6 is 11.6 Å². The highest BCUT2D eigenvalue weighted by Crippen LogP contribution is 2.54. The van der Waals surface area contributed by atoms with Crippen LogP contribution in [-0.4, -0.2) is 24.6 Å². The highest BCUT2D eigenvalue weighted by molar-refractivity contribution is 6.33. The Labute approximate surface area is 179 Å². The summed E-state index contributed by atoms with van der Waals surface area (Å²) in [6, 6.07) is 10.3. The molecule has 1 amide bonds. The maximum Gasteiger partial charge on any atom is 0.449 e. The number of carbonyl (C=O) groups is 1. The normalized spacial score (nSPS) is 19.5. The standard InChI is InChI=1S/C21H14ClF3N2O4/c1-29-16-8-6-14-18(26-16)20(10-30-14)17-12(22)3-2-4-13(17)27(19(20)28)9-11-5-7-15(31-11)21(23,24)25/h2-8H,9-10H2,1H3. The van der Waals surface area contributed by atoms with E-state index in [1.54, 1.807) is 30.3 Å². The van der Waals surface area contributed by atoms with E-state index in [-0.39, 0.29) is 18.9 Å². The molecule has 1 spiro atoms. The van der Waals surface area contributed by atoms with Crippen molar-refractivity contribution in [1.29, 1.82) is 0 Å². The third kappa shape index (κ3) is 2.79. The largest absolute Gasteiger partial charge is 0.490 e. The third-order valence-electron chi connectivity index (χ3n) is 5.46. The highest BCUT2D eigenvalue weighted by atomic mass is 35.5. The number of alkyl halides is 3. The van der Waals surface area contributed by atoms with Crippen molar-refractivity contribution in [1.82, 2.24) is 4.98 Å². The maximum absolute atomic E-state index is 13.8. The predicted molar refractivity (Wildman–Crippen MR) is 103 cm³/mol. The van der Waals surface area contributed by atoms with Gasteiger partial charge in [0.05, 0.1) is 19.3 Å². The lowest BCUT2D eigenvalue weighted by Gasteiger charge is -2.22. The molecule has 31 heavy (non-hydrogen) atoms. The van der Waals surface area contributed by atoms with Gasteiger partial charge in [0.15, 0.2) is 5.41 Å². The van der Waals surface area contributed by atoms with Crippen LogP contribution in [0.5, 0.6) is 11.6 Å². The van der Waals surface area contributed by atoms with Crippen LogP contribution in [0.4, 0.5) is 18.9 Å². The van der Waals surface area contributed by atoms with Crippen molar-refractivity contribution in [3.05, 3.63) is 70.3 Å². The quantitative estimate of drug-likeness (QED) is 0.584. The summed E-state index contributed by atoms with van der Waals surface area (Å²) in [7, 11) is 1.45. The molecule has 1 unspecified atom stereocenters. The fraction of sp³-hybridized carbons (Fsp3) is 0.238. The summed E-state index contributed by atoms with van der Waals surface area (Å²) >= 11 is 6.51. The van der Waals surface area contributed by atoms with E-state index in [0.717, 1.165) is 6.07 Å². The number of nitrogens with zero attached hydrogens (tertiary/aromatic N) is 2. The minimum Gasteiger partial charge on any atom is -0.490 e. The zero-order valence-electron chi connectivity index (χ0n) is 16.0. The summed E-state index contributed by atoms with van der Waals surface area (Å²) in [6.07, 6.45) is -4.62. The molecule has 2 aliphatic rings. The average molecular weight is 451 g/mol. The molecule has 0 radical (unpaired) electrons. The summed E-state index contributed by atoms with van der Waals surface area (Å²) in [5, 5.41) is 0.324. The van der Waals surface area contributed by atoms with Gasteiger partial charge in [-0.3, -0.25) is 4.79 Å². The number of methoxy groups -OCH3 is 1. The van der Waals surface area contributed by atoms with E-state index in [2.05, 4.69) is 4.98 Å². The van der Waals surface area contributed by atoms with E-state index < -0.39 is 23.3 Å². The number of pyridine rings is 1. The Kier molecular flexibility index (Phi) is 4.23. The molecule has 10 heteroatoms. The van der Waals surface area contributed by atoms with Crippen LogP contribution in [-0.2, 0) is 22.9 Å². The zero-order chi connectivity index (χ0) is 22.0. The molecular formula is C21H14ClF3N2O4. The second-order valence-corrected chi connectivity index (χ2v) is 7.59. The van der Waals surface area contributed by atoms with Crippen LogP contribution in [0, 0.1) is 0 Å². The lowest BCUT2D eigenvalue weighted by atomic mass is 9.80. The van der Waals surface area contributed by atoms with Crippen molar-refractivity contribution >= 4 is 23.2 Å². The molecule has 1 aromatic carbocycles. The van der Waals surface area contributed by atoms with Crippen molar-refractivity contribution in [2.45, 2.75) is 18.1 Å². The van der Waals surface area contributed by atoms with Gasteiger partial charge in [-0.2, -0.15) is 13.2 Å². The number of halogens is 4. The van der Waals surface area contributed by atoms with Gasteiger partial charge in [0.1, 0.15) is 23.8 Å². The van der Waals surface area contributed by atoms with Crippen LogP contribution in [0.25, 0.3) is 0 Å². The lowest BCUT2D eigenvalue weighted by Crippen LogP contribution is -2.42. The average Bonchev–Trinajstić information content (AvgIpc) is 3.41. The van der Waals surface area contributed by atoms with Gasteiger partial charge in [-0.1, -0.05) is 17.7 Å². The van der Waals surface area contributed by atoms with Crippen molar-refractivity contribution in [2.75, 3.05) is 18.6 Å². The fourth-order valence-electron chi connectivity index (χ4n) is 4.11. The molecule has 5 rings (SSSR count). The monoisotopic (exact) mass is 450 g/mol. The fourth-order valence-corrected chi connectivity index (χ4v) is 4.44. The molecule has 3 aromatic rings. The Morgan fingerprint density at radius 2 is 2.03 bits per heavy atom. The summed E-state index contributed by atoms with van der Waals surface area (Å²) in [6.45, 7) is -0.246. The van der Waals surface area contributed by atoms with E-state index >= 15 is 0 Å². The Morgan fingerprint density at radius 3 is 2.74 bits per heavy atom. The molecule has 2 aliphatic heterocycles. The van der Waals surface area contributed by atoms with Gasteiger partial charge < -0.3 is 18.8 Å². The second-order valence-electron chi connectivity index (χ2n) is 7.18. The summed E-state index contributed by atoms with van der Waals surface area (Å²) in [5.74, 6) is -0.846. The van der Waals surface area contributed by atoms with Crippen LogP contribution < -0.4 is 14.4 Å². The molecule has 4 heterocycles. The lowest BCUT2D eigenvalue weighted by molar-refractivity contribution is -0.153. The number of anilines is 1. The number of hydrogen-bond acceptors (Lipinski definition) is 5. The Morgan fingerprint density at radius 1 is 1.23 bits per heavy atom. The molecule has 2 aromatic heterocycles. The van der Waals surface area contributed by atoms with Gasteiger partial charge in [-0.25, -0.2) is 4.98 Å². The van der Waals surface area contributed by atoms with E-state index in [0.29, 0.717) is 33.6 Å². The van der Waals surface area contributed by atoms with Gasteiger partial charge in [0, 0.05) is 16.7 Å². The first kappa shape index (κ1) is 19.7. The molecular weight excluding hydrogens is 437 g/mol. The predicted octanol–water partition coefficient (Wildman–Crippen LogP) is 4.58. The minimum atomic E-state index is -4.62. The van der Waals surface area contributed by atoms with Crippen LogP contribution in [0.3, 0.4) is 0 Å². The number of benzene rings is 1. The SMILES string of the molecule is COc1ccc2c(n1)C1(CO2)C(=O)N(Cc2ccc(C(F)(F)F)o2)c2cccc(Cl)c21. The molecule has 0 saturated carbocycles. The maximum atomic E-state index is 13.8. The number of hydrogen-bond donors (Lipinski definition) is 0. The third-order valence-corrected chi connectivity index (χ3v) is 5.78. The van der Waals surface area contributed by atoms with Gasteiger partial charge in [-0.05, 0) is 30.3 Å². The first-order valence-corrected chi connectivity index (χ1v) is 9.58. The number of aromatic nitrogens is 1. The number of fused-ring (bicyclic) bond motifs is 4. The van der Waals surface area contributed by atoms with E-state index in [9.17, 15) is 18.0 Å². The van der Waals surface area contributed by atoms with Crippen molar-refractivity contribution in [2.24, 2.45) is 0 Å². The topological polar surface area (TPSA) is 64.8 Å². The smallest absolute Gasteiger partial charge is 0.449 e. The van der Waals surface area contributed by atoms with E-state index in [4.69, 9.17) is 25.5 Å². The van der Waals surface area contributed by atoms with E-state index in [1.807, 2.05) is 0 Å². The second kappa shape index (κ2) is 6.65. The Bertz CT molecular complexity index is 1210. The van der Waals surface area contributed by atoms with E-state index in [1.165, 1.54) is 18.1 Å². The van der Waals surface area contributed by atoms with Crippen LogP contribution in [0.2, 0.25) is 5.02 Å². The zero-order valence-corrected chi connectivity index (χ0v) is 16.8. The van der Waals surface area contributed by atoms with Gasteiger partial charge >= 0.3 is 6.18 Å². The Balaban J connectivity index is 1.63. The minimum absolute atomic E-state index is 0.0126. The number of furan rings is 1. The molecule has 0 N–H and O–H groups in total. The van der Waals surface area contributed by atoms with Crippen molar-refractivity contribution in [3.63, 3.8) is 0 Å². The number of ether oxygens (including phenoxy) is 2. The number of carbonyl (C=O) groups excluding carboxylic acids is 1. The van der Waals surface area contributed by atoms with Crippen molar-refractivity contribution < 1.29 is 31.9 Å². The van der Waals surface area contributed by atoms with Crippen molar-refractivity contribution in [3.8, 4) is 11.6 Å². The first-order chi connectivity index (χ1) is 14.8. The van der Waals surface area contributed by atoms with Gasteiger partial charge in [0.2, 0.25) is 17.5 Å². The summed E-state index contributed by atoms with van der Waals surface area (Å²) < 4.78 is 54.7.